The molecular weight excluding hydrogens is 210 g/mol. The third kappa shape index (κ3) is 2.32. The lowest BCUT2D eigenvalue weighted by Crippen LogP contribution is -2.11. The fourth-order valence-electron chi connectivity index (χ4n) is 1.20. The summed E-state index contributed by atoms with van der Waals surface area (Å²) in [4.78, 5) is 10.0. The Morgan fingerprint density at radius 1 is 1.25 bits per heavy atom. The van der Waals surface area contributed by atoms with Gasteiger partial charge in [-0.1, -0.05) is 12.1 Å². The van der Waals surface area contributed by atoms with Crippen LogP contribution in [0.1, 0.15) is 5.56 Å². The fourth-order valence-corrected chi connectivity index (χ4v) is 1.20. The summed E-state index contributed by atoms with van der Waals surface area (Å²) >= 11 is 0. The highest BCUT2D eigenvalue weighted by atomic mass is 16.6. The molecule has 1 heterocycles. The average Bonchev–Trinajstić information content (AvgIpc) is 2.80. The van der Waals surface area contributed by atoms with Crippen molar-refractivity contribution in [3.05, 3.63) is 52.6 Å². The summed E-state index contributed by atoms with van der Waals surface area (Å²) in [5, 5.41) is 17.7. The molecule has 7 heteroatoms. The molecule has 82 valence electrons. The lowest BCUT2D eigenvalue weighted by molar-refractivity contribution is -0.384. The first-order chi connectivity index (χ1) is 7.75. The number of rotatable bonds is 4. The monoisotopic (exact) mass is 219 g/mol. The predicted molar refractivity (Wildman–Crippen MR) is 56.2 cm³/mol. The molecule has 1 aromatic heterocycles. The molecule has 0 radical (unpaired) electrons. The molecule has 0 unspecified atom stereocenters. The number of hydrogen-bond acceptors (Lipinski definition) is 5. The Kier molecular flexibility index (Phi) is 2.77. The summed E-state index contributed by atoms with van der Waals surface area (Å²) in [5.41, 5.74) is 4.05. The Labute approximate surface area is 90.9 Å². The van der Waals surface area contributed by atoms with Crippen molar-refractivity contribution in [1.82, 2.24) is 14.9 Å². The smallest absolute Gasteiger partial charge is 0.269 e. The zero-order valence-electron chi connectivity index (χ0n) is 8.28. The summed E-state index contributed by atoms with van der Waals surface area (Å²) in [6.07, 6.45) is 3.07. The number of nitrogens with zero attached hydrogens (tertiary/aromatic N) is 4. The van der Waals surface area contributed by atoms with Gasteiger partial charge in [0.05, 0.1) is 11.5 Å². The minimum atomic E-state index is -0.420. The maximum absolute atomic E-state index is 10.4. The molecule has 1 aromatic carbocycles. The molecule has 0 fully saturated rings. The van der Waals surface area contributed by atoms with Crippen molar-refractivity contribution in [3.8, 4) is 0 Å². The Hall–Kier alpha value is -2.44. The van der Waals surface area contributed by atoms with Gasteiger partial charge in [-0.2, -0.15) is 0 Å². The lowest BCUT2D eigenvalue weighted by Gasteiger charge is -2.05. The second kappa shape index (κ2) is 4.39. The standard InChI is InChI=1S/C9H9N5O2/c15-14(16)9-3-1-8(2-4-9)5-12-13-6-10-11-7-13/h1-4,6-7,12H,5H2. The maximum Gasteiger partial charge on any atom is 0.269 e. The van der Waals surface area contributed by atoms with Gasteiger partial charge >= 0.3 is 0 Å². The van der Waals surface area contributed by atoms with Gasteiger partial charge in [0.25, 0.3) is 5.69 Å². The molecule has 2 aromatic rings. The molecule has 2 rings (SSSR count). The fraction of sp³-hybridized carbons (Fsp3) is 0.111. The van der Waals surface area contributed by atoms with Crippen LogP contribution in [-0.4, -0.2) is 19.8 Å². The van der Waals surface area contributed by atoms with Gasteiger partial charge in [0, 0.05) is 12.1 Å². The van der Waals surface area contributed by atoms with Crippen LogP contribution in [0.4, 0.5) is 5.69 Å². The molecule has 0 aliphatic heterocycles. The number of benzene rings is 1. The molecule has 0 atom stereocenters. The number of nitrogens with one attached hydrogen (secondary N) is 1. The minimum Gasteiger partial charge on any atom is -0.319 e. The summed E-state index contributed by atoms with van der Waals surface area (Å²) in [6, 6.07) is 6.36. The van der Waals surface area contributed by atoms with Gasteiger partial charge in [-0.15, -0.1) is 10.2 Å². The van der Waals surface area contributed by atoms with Crippen LogP contribution in [-0.2, 0) is 6.54 Å². The summed E-state index contributed by atoms with van der Waals surface area (Å²) in [6.45, 7) is 0.552. The van der Waals surface area contributed by atoms with Crippen molar-refractivity contribution in [2.45, 2.75) is 6.54 Å². The van der Waals surface area contributed by atoms with Crippen molar-refractivity contribution < 1.29 is 4.92 Å². The Morgan fingerprint density at radius 2 is 1.88 bits per heavy atom. The normalized spacial score (nSPS) is 10.0. The maximum atomic E-state index is 10.4. The molecule has 0 saturated heterocycles. The van der Waals surface area contributed by atoms with Gasteiger partial charge in [0.1, 0.15) is 12.7 Å². The second-order valence-electron chi connectivity index (χ2n) is 3.13. The Balaban J connectivity index is 1.98. The third-order valence-corrected chi connectivity index (χ3v) is 2.03. The van der Waals surface area contributed by atoms with Gasteiger partial charge in [-0.25, -0.2) is 4.68 Å². The molecule has 0 aliphatic rings. The highest BCUT2D eigenvalue weighted by Crippen LogP contribution is 2.11. The first-order valence-corrected chi connectivity index (χ1v) is 4.57. The van der Waals surface area contributed by atoms with Crippen molar-refractivity contribution in [2.75, 3.05) is 5.43 Å². The van der Waals surface area contributed by atoms with E-state index in [0.29, 0.717) is 6.54 Å². The predicted octanol–water partition coefficient (Wildman–Crippen LogP) is 0.930. The summed E-state index contributed by atoms with van der Waals surface area (Å²) in [5.74, 6) is 0. The zero-order chi connectivity index (χ0) is 11.4. The van der Waals surface area contributed by atoms with Crippen molar-refractivity contribution in [3.63, 3.8) is 0 Å². The van der Waals surface area contributed by atoms with Crippen molar-refractivity contribution in [1.29, 1.82) is 0 Å². The van der Waals surface area contributed by atoms with E-state index in [0.717, 1.165) is 5.56 Å². The van der Waals surface area contributed by atoms with Crippen LogP contribution in [0.15, 0.2) is 36.9 Å². The van der Waals surface area contributed by atoms with E-state index in [1.165, 1.54) is 24.8 Å². The number of nitro groups is 1. The summed E-state index contributed by atoms with van der Waals surface area (Å²) < 4.78 is 1.61. The van der Waals surface area contributed by atoms with E-state index in [-0.39, 0.29) is 5.69 Å². The topological polar surface area (TPSA) is 85.9 Å². The van der Waals surface area contributed by atoms with Crippen LogP contribution in [0.3, 0.4) is 0 Å². The molecule has 0 aliphatic carbocycles. The molecule has 1 N–H and O–H groups in total. The zero-order valence-corrected chi connectivity index (χ0v) is 8.28. The van der Waals surface area contributed by atoms with Crippen LogP contribution in [0, 0.1) is 10.1 Å². The number of aromatic nitrogens is 3. The third-order valence-electron chi connectivity index (χ3n) is 2.03. The number of hydrogen-bond donors (Lipinski definition) is 1. The Morgan fingerprint density at radius 3 is 2.44 bits per heavy atom. The first kappa shape index (κ1) is 10.1. The van der Waals surface area contributed by atoms with Crippen LogP contribution in [0.5, 0.6) is 0 Å². The van der Waals surface area contributed by atoms with E-state index in [4.69, 9.17) is 0 Å². The SMILES string of the molecule is O=[N+]([O-])c1ccc(CNn2cnnc2)cc1. The van der Waals surface area contributed by atoms with E-state index in [9.17, 15) is 10.1 Å². The van der Waals surface area contributed by atoms with E-state index >= 15 is 0 Å². The van der Waals surface area contributed by atoms with Gasteiger partial charge in [0.2, 0.25) is 0 Å². The highest BCUT2D eigenvalue weighted by molar-refractivity contribution is 5.33. The lowest BCUT2D eigenvalue weighted by atomic mass is 10.2. The highest BCUT2D eigenvalue weighted by Gasteiger charge is 2.03. The molecule has 0 bridgehead atoms. The second-order valence-corrected chi connectivity index (χ2v) is 3.13. The molecule has 0 spiro atoms. The average molecular weight is 219 g/mol. The van der Waals surface area contributed by atoms with Crippen LogP contribution in [0.2, 0.25) is 0 Å². The molecule has 16 heavy (non-hydrogen) atoms. The van der Waals surface area contributed by atoms with Crippen LogP contribution < -0.4 is 5.43 Å². The van der Waals surface area contributed by atoms with E-state index < -0.39 is 4.92 Å². The van der Waals surface area contributed by atoms with Gasteiger partial charge in [-0.3, -0.25) is 10.1 Å². The first-order valence-electron chi connectivity index (χ1n) is 4.57. The quantitative estimate of drug-likeness (QED) is 0.610. The van der Waals surface area contributed by atoms with Gasteiger partial charge in [-0.05, 0) is 5.56 Å². The van der Waals surface area contributed by atoms with Crippen LogP contribution in [0.25, 0.3) is 0 Å². The summed E-state index contributed by atoms with van der Waals surface area (Å²) in [7, 11) is 0. The molecular formula is C9H9N5O2. The van der Waals surface area contributed by atoms with Gasteiger partial charge < -0.3 is 5.43 Å². The van der Waals surface area contributed by atoms with E-state index in [1.807, 2.05) is 0 Å². The largest absolute Gasteiger partial charge is 0.319 e. The molecule has 0 saturated carbocycles. The van der Waals surface area contributed by atoms with E-state index in [2.05, 4.69) is 15.6 Å². The van der Waals surface area contributed by atoms with Crippen LogP contribution >= 0.6 is 0 Å². The van der Waals surface area contributed by atoms with Crippen molar-refractivity contribution >= 4 is 5.69 Å². The van der Waals surface area contributed by atoms with Crippen molar-refractivity contribution in [2.24, 2.45) is 0 Å². The molecule has 0 amide bonds. The number of nitro benzene ring substituents is 1. The number of non-ortho nitro benzene ring substituents is 1. The Bertz CT molecular complexity index is 465. The molecule has 7 nitrogen and oxygen atoms in total. The minimum absolute atomic E-state index is 0.0908. The van der Waals surface area contributed by atoms with Gasteiger partial charge in [0.15, 0.2) is 0 Å². The van der Waals surface area contributed by atoms with E-state index in [1.54, 1.807) is 16.8 Å².